The highest BCUT2D eigenvalue weighted by Gasteiger charge is 2.26. The van der Waals surface area contributed by atoms with Crippen LogP contribution in [0, 0.1) is 0 Å². The lowest BCUT2D eigenvalue weighted by Gasteiger charge is -2.35. The molecule has 0 aliphatic carbocycles. The number of aryl methyl sites for hydroxylation is 1. The van der Waals surface area contributed by atoms with Gasteiger partial charge in [-0.05, 0) is 30.2 Å². The molecule has 0 saturated carbocycles. The van der Waals surface area contributed by atoms with Gasteiger partial charge in [-0.3, -0.25) is 4.98 Å². The topological polar surface area (TPSA) is 54.6 Å². The van der Waals surface area contributed by atoms with E-state index in [0.29, 0.717) is 5.89 Å². The van der Waals surface area contributed by atoms with Gasteiger partial charge in [0.1, 0.15) is 17.1 Å². The summed E-state index contributed by atoms with van der Waals surface area (Å²) < 4.78 is 11.6. The number of fused-ring (bicyclic) bond motifs is 1. The van der Waals surface area contributed by atoms with Crippen LogP contribution in [0.3, 0.4) is 0 Å². The van der Waals surface area contributed by atoms with Gasteiger partial charge >= 0.3 is 0 Å². The third-order valence-electron chi connectivity index (χ3n) is 5.88. The molecule has 0 bridgehead atoms. The van der Waals surface area contributed by atoms with E-state index >= 15 is 0 Å². The summed E-state index contributed by atoms with van der Waals surface area (Å²) in [7, 11) is 0. The molecular formula is C24H28N4O2. The highest BCUT2D eigenvalue weighted by Crippen LogP contribution is 2.34. The van der Waals surface area contributed by atoms with Crippen LogP contribution in [0.25, 0.3) is 11.6 Å². The van der Waals surface area contributed by atoms with Gasteiger partial charge in [-0.1, -0.05) is 31.5 Å². The number of ether oxygens (including phenoxy) is 1. The number of benzene rings is 1. The average Bonchev–Trinajstić information content (AvgIpc) is 3.24. The number of hydrogen-bond acceptors (Lipinski definition) is 6. The summed E-state index contributed by atoms with van der Waals surface area (Å²) in [6, 6.07) is 12.8. The summed E-state index contributed by atoms with van der Waals surface area (Å²) in [4.78, 5) is 14.2. The lowest BCUT2D eigenvalue weighted by molar-refractivity contribution is 0.122. The molecule has 2 aliphatic heterocycles. The first-order valence-electron chi connectivity index (χ1n) is 10.9. The number of aromatic nitrogens is 2. The Labute approximate surface area is 177 Å². The number of hydrogen-bond donors (Lipinski definition) is 0. The maximum absolute atomic E-state index is 6.10. The van der Waals surface area contributed by atoms with Gasteiger partial charge in [-0.2, -0.15) is 0 Å². The molecule has 6 heteroatoms. The normalized spacial score (nSPS) is 16.6. The van der Waals surface area contributed by atoms with E-state index in [1.807, 2.05) is 12.3 Å². The van der Waals surface area contributed by atoms with Crippen LogP contribution < -0.4 is 9.80 Å². The lowest BCUT2D eigenvalue weighted by atomic mass is 10.1. The van der Waals surface area contributed by atoms with Crippen LogP contribution in [0.4, 0.5) is 11.4 Å². The molecule has 5 rings (SSSR count). The third-order valence-corrected chi connectivity index (χ3v) is 5.88. The molecule has 4 heterocycles. The van der Waals surface area contributed by atoms with E-state index in [0.717, 1.165) is 75.8 Å². The summed E-state index contributed by atoms with van der Waals surface area (Å²) in [5.41, 5.74) is 5.62. The first-order chi connectivity index (χ1) is 14.8. The van der Waals surface area contributed by atoms with E-state index < -0.39 is 0 Å². The Kier molecular flexibility index (Phi) is 5.41. The van der Waals surface area contributed by atoms with Crippen molar-refractivity contribution in [2.45, 2.75) is 32.7 Å². The Balaban J connectivity index is 1.37. The maximum Gasteiger partial charge on any atom is 0.245 e. The van der Waals surface area contributed by atoms with Gasteiger partial charge in [0.2, 0.25) is 5.89 Å². The van der Waals surface area contributed by atoms with Gasteiger partial charge in [-0.25, -0.2) is 4.98 Å². The monoisotopic (exact) mass is 404 g/mol. The SMILES string of the molecule is CCCc1ccc(-c2nc3c(o2)CCN(c2ccccc2N2CCOCC2)C3)nc1. The largest absolute Gasteiger partial charge is 0.439 e. The molecule has 30 heavy (non-hydrogen) atoms. The summed E-state index contributed by atoms with van der Waals surface area (Å²) in [5.74, 6) is 1.62. The van der Waals surface area contributed by atoms with Gasteiger partial charge in [0.05, 0.1) is 31.1 Å². The molecule has 0 N–H and O–H groups in total. The van der Waals surface area contributed by atoms with Gasteiger partial charge in [0.15, 0.2) is 0 Å². The number of rotatable bonds is 5. The van der Waals surface area contributed by atoms with E-state index in [-0.39, 0.29) is 0 Å². The highest BCUT2D eigenvalue weighted by molar-refractivity contribution is 5.72. The second-order valence-electron chi connectivity index (χ2n) is 7.95. The third kappa shape index (κ3) is 3.79. The Hall–Kier alpha value is -2.86. The maximum atomic E-state index is 6.10. The van der Waals surface area contributed by atoms with Gasteiger partial charge in [0.25, 0.3) is 0 Å². The zero-order chi connectivity index (χ0) is 20.3. The number of nitrogens with zero attached hydrogens (tertiary/aromatic N) is 4. The highest BCUT2D eigenvalue weighted by atomic mass is 16.5. The Morgan fingerprint density at radius 2 is 1.77 bits per heavy atom. The van der Waals surface area contributed by atoms with Crippen LogP contribution in [-0.4, -0.2) is 42.8 Å². The number of para-hydroxylation sites is 2. The van der Waals surface area contributed by atoms with Crippen molar-refractivity contribution in [1.82, 2.24) is 9.97 Å². The van der Waals surface area contributed by atoms with Crippen molar-refractivity contribution in [3.8, 4) is 11.6 Å². The van der Waals surface area contributed by atoms with Crippen molar-refractivity contribution >= 4 is 11.4 Å². The van der Waals surface area contributed by atoms with Gasteiger partial charge in [-0.15, -0.1) is 0 Å². The predicted octanol–water partition coefficient (Wildman–Crippen LogP) is 4.09. The fourth-order valence-corrected chi connectivity index (χ4v) is 4.30. The lowest BCUT2D eigenvalue weighted by Crippen LogP contribution is -2.38. The smallest absolute Gasteiger partial charge is 0.245 e. The summed E-state index contributed by atoms with van der Waals surface area (Å²) in [5, 5.41) is 0. The Morgan fingerprint density at radius 1 is 0.967 bits per heavy atom. The number of pyridine rings is 1. The molecule has 156 valence electrons. The van der Waals surface area contributed by atoms with E-state index in [1.54, 1.807) is 0 Å². The standard InChI is InChI=1S/C24H28N4O2/c1-2-5-18-8-9-19(25-16-18)24-26-20-17-28(11-10-23(20)30-24)22-7-4-3-6-21(22)27-12-14-29-15-13-27/h3-4,6-9,16H,2,5,10-15,17H2,1H3. The molecule has 2 aliphatic rings. The first kappa shape index (κ1) is 19.1. The first-order valence-corrected chi connectivity index (χ1v) is 10.9. The number of morpholine rings is 1. The van der Waals surface area contributed by atoms with E-state index in [4.69, 9.17) is 14.1 Å². The van der Waals surface area contributed by atoms with Crippen LogP contribution in [0.15, 0.2) is 47.0 Å². The van der Waals surface area contributed by atoms with Crippen molar-refractivity contribution in [1.29, 1.82) is 0 Å². The van der Waals surface area contributed by atoms with Crippen LogP contribution in [0.1, 0.15) is 30.4 Å². The van der Waals surface area contributed by atoms with E-state index in [2.05, 4.69) is 52.0 Å². The molecule has 2 aromatic heterocycles. The van der Waals surface area contributed by atoms with E-state index in [9.17, 15) is 0 Å². The molecule has 3 aromatic rings. The fourth-order valence-electron chi connectivity index (χ4n) is 4.30. The quantitative estimate of drug-likeness (QED) is 0.638. The van der Waals surface area contributed by atoms with Crippen molar-refractivity contribution in [3.63, 3.8) is 0 Å². The predicted molar refractivity (Wildman–Crippen MR) is 118 cm³/mol. The second kappa shape index (κ2) is 8.48. The minimum Gasteiger partial charge on any atom is -0.439 e. The number of anilines is 2. The van der Waals surface area contributed by atoms with Crippen molar-refractivity contribution in [2.24, 2.45) is 0 Å². The zero-order valence-corrected chi connectivity index (χ0v) is 17.5. The minimum atomic E-state index is 0.631. The van der Waals surface area contributed by atoms with Gasteiger partial charge < -0.3 is 19.0 Å². The molecule has 0 atom stereocenters. The minimum absolute atomic E-state index is 0.631. The van der Waals surface area contributed by atoms with Crippen LogP contribution in [0.2, 0.25) is 0 Å². The molecular weight excluding hydrogens is 376 g/mol. The summed E-state index contributed by atoms with van der Waals surface area (Å²) in [6.45, 7) is 7.30. The zero-order valence-electron chi connectivity index (χ0n) is 17.5. The molecule has 0 spiro atoms. The van der Waals surface area contributed by atoms with Crippen molar-refractivity contribution < 1.29 is 9.15 Å². The fraction of sp³-hybridized carbons (Fsp3) is 0.417. The molecule has 1 aromatic carbocycles. The Morgan fingerprint density at radius 3 is 2.50 bits per heavy atom. The van der Waals surface area contributed by atoms with Crippen LogP contribution >= 0.6 is 0 Å². The summed E-state index contributed by atoms with van der Waals surface area (Å²) in [6.07, 6.45) is 4.96. The second-order valence-corrected chi connectivity index (χ2v) is 7.95. The average molecular weight is 405 g/mol. The molecule has 6 nitrogen and oxygen atoms in total. The summed E-state index contributed by atoms with van der Waals surface area (Å²) >= 11 is 0. The molecule has 1 saturated heterocycles. The van der Waals surface area contributed by atoms with Gasteiger partial charge in [0, 0.05) is 32.3 Å². The molecule has 0 amide bonds. The Bertz CT molecular complexity index is 993. The van der Waals surface area contributed by atoms with Crippen LogP contribution in [-0.2, 0) is 24.1 Å². The number of oxazole rings is 1. The molecule has 0 radical (unpaired) electrons. The van der Waals surface area contributed by atoms with E-state index in [1.165, 1.54) is 16.9 Å². The van der Waals surface area contributed by atoms with Crippen molar-refractivity contribution in [3.05, 3.63) is 59.6 Å². The molecule has 1 fully saturated rings. The van der Waals surface area contributed by atoms with Crippen LogP contribution in [0.5, 0.6) is 0 Å². The van der Waals surface area contributed by atoms with Crippen molar-refractivity contribution in [2.75, 3.05) is 42.6 Å². The molecule has 0 unspecified atom stereocenters.